The number of rotatable bonds is 8. The molecule has 1 aromatic heterocycles. The standard InChI is InChI=1S/C26H27ClF3N3O3S/c1-32-9-7-17(13-32)33(2)10-8-18(34)14-37-24-23(20-12-16(27)4-6-22(20)35)19-11-15(26(28,29)30)3-5-21(19)31-25(24)36/h3-6,11-12,17,35H,7-10,13-14H2,1-2H3,(H,31,36). The van der Waals surface area contributed by atoms with Gasteiger partial charge < -0.3 is 19.9 Å². The Labute approximate surface area is 221 Å². The van der Waals surface area contributed by atoms with E-state index in [9.17, 15) is 27.9 Å². The number of carbonyl (C=O) groups is 1. The van der Waals surface area contributed by atoms with Crippen LogP contribution in [-0.4, -0.2) is 71.2 Å². The second kappa shape index (κ2) is 11.1. The minimum absolute atomic E-state index is 0.0414. The highest BCUT2D eigenvalue weighted by Crippen LogP contribution is 2.42. The zero-order chi connectivity index (χ0) is 26.9. The van der Waals surface area contributed by atoms with Crippen LogP contribution in [0.1, 0.15) is 18.4 Å². The van der Waals surface area contributed by atoms with Gasteiger partial charge in [0.05, 0.1) is 16.2 Å². The van der Waals surface area contributed by atoms with Gasteiger partial charge in [0, 0.05) is 52.6 Å². The number of ketones is 1. The van der Waals surface area contributed by atoms with Crippen LogP contribution in [0.15, 0.2) is 46.1 Å². The van der Waals surface area contributed by atoms with Crippen LogP contribution in [0.25, 0.3) is 22.0 Å². The number of phenolic OH excluding ortho intramolecular Hbond substituents is 1. The van der Waals surface area contributed by atoms with Crippen molar-refractivity contribution in [2.75, 3.05) is 39.5 Å². The van der Waals surface area contributed by atoms with E-state index < -0.39 is 17.3 Å². The van der Waals surface area contributed by atoms with Crippen LogP contribution in [-0.2, 0) is 11.0 Å². The van der Waals surface area contributed by atoms with Crippen LogP contribution in [0.2, 0.25) is 5.02 Å². The predicted molar refractivity (Wildman–Crippen MR) is 141 cm³/mol. The first-order valence-electron chi connectivity index (χ1n) is 11.7. The lowest BCUT2D eigenvalue weighted by atomic mass is 9.98. The molecule has 4 rings (SSSR count). The fourth-order valence-electron chi connectivity index (χ4n) is 4.54. The summed E-state index contributed by atoms with van der Waals surface area (Å²) in [5.74, 6) is -0.377. The number of carbonyl (C=O) groups excluding carboxylic acids is 1. The number of fused-ring (bicyclic) bond motifs is 1. The Balaban J connectivity index is 1.66. The minimum atomic E-state index is -4.61. The third kappa shape index (κ3) is 6.31. The number of hydrogen-bond acceptors (Lipinski definition) is 6. The van der Waals surface area contributed by atoms with Crippen molar-refractivity contribution < 1.29 is 23.1 Å². The summed E-state index contributed by atoms with van der Waals surface area (Å²) in [5.41, 5.74) is -1.07. The van der Waals surface area contributed by atoms with Crippen molar-refractivity contribution in [3.8, 4) is 16.9 Å². The Morgan fingerprint density at radius 3 is 2.70 bits per heavy atom. The SMILES string of the molecule is CN1CCC(N(C)CCC(=O)CSc2c(-c3cc(Cl)ccc3O)c3cc(C(F)(F)F)ccc3[nH]c2=O)C1. The molecular weight excluding hydrogens is 527 g/mol. The number of phenols is 1. The van der Waals surface area contributed by atoms with E-state index in [-0.39, 0.29) is 55.7 Å². The second-order valence-corrected chi connectivity index (χ2v) is 10.8. The van der Waals surface area contributed by atoms with Gasteiger partial charge in [0.25, 0.3) is 5.56 Å². The van der Waals surface area contributed by atoms with Gasteiger partial charge in [-0.15, -0.1) is 11.8 Å². The molecule has 0 bridgehead atoms. The zero-order valence-corrected chi connectivity index (χ0v) is 21.9. The minimum Gasteiger partial charge on any atom is -0.507 e. The highest BCUT2D eigenvalue weighted by atomic mass is 35.5. The number of alkyl halides is 3. The van der Waals surface area contributed by atoms with Crippen molar-refractivity contribution in [2.24, 2.45) is 0 Å². The molecule has 1 saturated heterocycles. The Hall–Kier alpha value is -2.53. The van der Waals surface area contributed by atoms with Crippen molar-refractivity contribution in [3.63, 3.8) is 0 Å². The molecule has 37 heavy (non-hydrogen) atoms. The van der Waals surface area contributed by atoms with Crippen LogP contribution < -0.4 is 5.56 Å². The first-order valence-corrected chi connectivity index (χ1v) is 13.1. The summed E-state index contributed by atoms with van der Waals surface area (Å²) in [7, 11) is 4.04. The summed E-state index contributed by atoms with van der Waals surface area (Å²) >= 11 is 7.08. The third-order valence-electron chi connectivity index (χ3n) is 6.64. The van der Waals surface area contributed by atoms with Crippen LogP contribution in [0.4, 0.5) is 13.2 Å². The number of H-pyrrole nitrogens is 1. The lowest BCUT2D eigenvalue weighted by Gasteiger charge is -2.23. The molecule has 2 heterocycles. The summed E-state index contributed by atoms with van der Waals surface area (Å²) in [6, 6.07) is 7.52. The average Bonchev–Trinajstić information content (AvgIpc) is 3.28. The highest BCUT2D eigenvalue weighted by molar-refractivity contribution is 8.00. The maximum atomic E-state index is 13.5. The number of benzene rings is 2. The average molecular weight is 554 g/mol. The van der Waals surface area contributed by atoms with Gasteiger partial charge in [0.15, 0.2) is 0 Å². The normalized spacial score (nSPS) is 16.7. The van der Waals surface area contributed by atoms with E-state index in [1.165, 1.54) is 24.3 Å². The number of hydrogen-bond donors (Lipinski definition) is 2. The quantitative estimate of drug-likeness (QED) is 0.371. The Kier molecular flexibility index (Phi) is 8.23. The Morgan fingerprint density at radius 2 is 2.03 bits per heavy atom. The number of nitrogens with zero attached hydrogens (tertiary/aromatic N) is 2. The number of aromatic hydroxyl groups is 1. The van der Waals surface area contributed by atoms with E-state index in [0.717, 1.165) is 43.4 Å². The van der Waals surface area contributed by atoms with Gasteiger partial charge in [-0.3, -0.25) is 9.59 Å². The number of Topliss-reactive ketones (excluding diaryl/α,β-unsaturated/α-hetero) is 1. The first kappa shape index (κ1) is 27.5. The van der Waals surface area contributed by atoms with Gasteiger partial charge in [-0.25, -0.2) is 0 Å². The molecule has 0 aliphatic carbocycles. The number of halogens is 4. The topological polar surface area (TPSA) is 76.6 Å². The predicted octanol–water partition coefficient (Wildman–Crippen LogP) is 5.26. The monoisotopic (exact) mass is 553 g/mol. The summed E-state index contributed by atoms with van der Waals surface area (Å²) < 4.78 is 40.5. The zero-order valence-electron chi connectivity index (χ0n) is 20.4. The molecule has 1 fully saturated rings. The summed E-state index contributed by atoms with van der Waals surface area (Å²) in [6.45, 7) is 2.53. The molecule has 0 saturated carbocycles. The van der Waals surface area contributed by atoms with Crippen molar-refractivity contribution >= 4 is 40.0 Å². The number of likely N-dealkylation sites (N-methyl/N-ethyl adjacent to an activating group) is 2. The van der Waals surface area contributed by atoms with Crippen LogP contribution in [0.3, 0.4) is 0 Å². The smallest absolute Gasteiger partial charge is 0.416 e. The molecule has 6 nitrogen and oxygen atoms in total. The van der Waals surface area contributed by atoms with Crippen molar-refractivity contribution in [3.05, 3.63) is 57.3 Å². The molecule has 3 aromatic rings. The van der Waals surface area contributed by atoms with Crippen molar-refractivity contribution in [1.29, 1.82) is 0 Å². The van der Waals surface area contributed by atoms with E-state index in [2.05, 4.69) is 21.8 Å². The fraction of sp³-hybridized carbons (Fsp3) is 0.385. The van der Waals surface area contributed by atoms with E-state index in [1.54, 1.807) is 0 Å². The molecule has 2 N–H and O–H groups in total. The molecule has 0 amide bonds. The van der Waals surface area contributed by atoms with Gasteiger partial charge in [-0.2, -0.15) is 13.2 Å². The number of pyridine rings is 1. The third-order valence-corrected chi connectivity index (χ3v) is 8.02. The summed E-state index contributed by atoms with van der Waals surface area (Å²) in [4.78, 5) is 32.8. The molecule has 1 aliphatic rings. The number of likely N-dealkylation sites (tertiary alicyclic amines) is 1. The van der Waals surface area contributed by atoms with E-state index >= 15 is 0 Å². The summed E-state index contributed by atoms with van der Waals surface area (Å²) in [6.07, 6.45) is -3.29. The van der Waals surface area contributed by atoms with Crippen LogP contribution >= 0.6 is 23.4 Å². The number of nitrogens with one attached hydrogen (secondary N) is 1. The maximum absolute atomic E-state index is 13.5. The molecule has 0 spiro atoms. The van der Waals surface area contributed by atoms with Gasteiger partial charge in [0.2, 0.25) is 0 Å². The molecule has 198 valence electrons. The molecular formula is C26H27ClF3N3O3S. The van der Waals surface area contributed by atoms with Gasteiger partial charge in [0.1, 0.15) is 11.5 Å². The van der Waals surface area contributed by atoms with E-state index in [1.807, 2.05) is 7.05 Å². The van der Waals surface area contributed by atoms with Crippen molar-refractivity contribution in [2.45, 2.75) is 30.0 Å². The highest BCUT2D eigenvalue weighted by Gasteiger charge is 2.31. The fourth-order valence-corrected chi connectivity index (χ4v) is 5.71. The van der Waals surface area contributed by atoms with E-state index in [0.29, 0.717) is 12.6 Å². The largest absolute Gasteiger partial charge is 0.507 e. The summed E-state index contributed by atoms with van der Waals surface area (Å²) in [5, 5.41) is 10.9. The first-order chi connectivity index (χ1) is 17.4. The Morgan fingerprint density at radius 1 is 1.27 bits per heavy atom. The molecule has 0 radical (unpaired) electrons. The maximum Gasteiger partial charge on any atom is 0.416 e. The van der Waals surface area contributed by atoms with Crippen LogP contribution in [0, 0.1) is 0 Å². The van der Waals surface area contributed by atoms with E-state index in [4.69, 9.17) is 11.6 Å². The van der Waals surface area contributed by atoms with Gasteiger partial charge >= 0.3 is 6.18 Å². The molecule has 1 aliphatic heterocycles. The molecule has 1 unspecified atom stereocenters. The number of aromatic amines is 1. The molecule has 1 atom stereocenters. The lowest BCUT2D eigenvalue weighted by Crippen LogP contribution is -2.35. The number of thioether (sulfide) groups is 1. The second-order valence-electron chi connectivity index (χ2n) is 9.34. The van der Waals surface area contributed by atoms with Gasteiger partial charge in [-0.1, -0.05) is 11.6 Å². The molecule has 2 aromatic carbocycles. The molecule has 11 heteroatoms. The lowest BCUT2D eigenvalue weighted by molar-refractivity contribution is -0.137. The van der Waals surface area contributed by atoms with Crippen LogP contribution in [0.5, 0.6) is 5.75 Å². The Bertz CT molecular complexity index is 1380. The van der Waals surface area contributed by atoms with Crippen molar-refractivity contribution in [1.82, 2.24) is 14.8 Å². The number of aromatic nitrogens is 1. The van der Waals surface area contributed by atoms with Gasteiger partial charge in [-0.05, 0) is 63.5 Å².